The van der Waals surface area contributed by atoms with Gasteiger partial charge in [-0.2, -0.15) is 11.8 Å². The van der Waals surface area contributed by atoms with Gasteiger partial charge >= 0.3 is 0 Å². The maximum absolute atomic E-state index is 5.50. The molecular weight excluding hydrogens is 278 g/mol. The lowest BCUT2D eigenvalue weighted by molar-refractivity contribution is 0.404. The van der Waals surface area contributed by atoms with Crippen LogP contribution in [0.3, 0.4) is 0 Å². The topological polar surface area (TPSA) is 21.3 Å². The first kappa shape index (κ1) is 15.9. The molecule has 0 aliphatic carbocycles. The Morgan fingerprint density at radius 1 is 1.14 bits per heavy atom. The van der Waals surface area contributed by atoms with E-state index in [1.54, 1.807) is 7.11 Å². The minimum Gasteiger partial charge on any atom is -0.496 e. The maximum Gasteiger partial charge on any atom is 0.123 e. The summed E-state index contributed by atoms with van der Waals surface area (Å²) in [5, 5.41) is 3.41. The number of methoxy groups -OCH3 is 1. The first-order valence-electron chi connectivity index (χ1n) is 7.18. The zero-order valence-electron chi connectivity index (χ0n) is 12.9. The van der Waals surface area contributed by atoms with Crippen molar-refractivity contribution in [1.82, 2.24) is 5.32 Å². The number of thioether (sulfide) groups is 1. The van der Waals surface area contributed by atoms with Crippen LogP contribution in [0.4, 0.5) is 0 Å². The van der Waals surface area contributed by atoms with Crippen LogP contribution in [0.5, 0.6) is 5.75 Å². The third kappa shape index (κ3) is 4.51. The van der Waals surface area contributed by atoms with Crippen LogP contribution in [0.2, 0.25) is 0 Å². The van der Waals surface area contributed by atoms with Gasteiger partial charge in [-0.15, -0.1) is 0 Å². The molecule has 2 aromatic carbocycles. The lowest BCUT2D eigenvalue weighted by Crippen LogP contribution is -2.19. The normalized spacial score (nSPS) is 12.1. The van der Waals surface area contributed by atoms with Gasteiger partial charge in [-0.05, 0) is 25.6 Å². The highest BCUT2D eigenvalue weighted by molar-refractivity contribution is 7.98. The van der Waals surface area contributed by atoms with E-state index in [0.29, 0.717) is 6.04 Å². The molecule has 0 saturated carbocycles. The zero-order valence-corrected chi connectivity index (χ0v) is 13.7. The fourth-order valence-electron chi connectivity index (χ4n) is 2.32. The van der Waals surface area contributed by atoms with Crippen LogP contribution in [0.1, 0.15) is 22.7 Å². The van der Waals surface area contributed by atoms with Crippen LogP contribution >= 0.6 is 11.8 Å². The third-order valence-corrected chi connectivity index (χ3v) is 4.61. The monoisotopic (exact) mass is 301 g/mol. The van der Waals surface area contributed by atoms with E-state index in [1.807, 2.05) is 18.8 Å². The van der Waals surface area contributed by atoms with E-state index in [9.17, 15) is 0 Å². The molecule has 1 atom stereocenters. The maximum atomic E-state index is 5.50. The van der Waals surface area contributed by atoms with Gasteiger partial charge in [0.25, 0.3) is 0 Å². The van der Waals surface area contributed by atoms with Crippen molar-refractivity contribution in [1.29, 1.82) is 0 Å². The number of rotatable bonds is 7. The molecule has 0 fully saturated rings. The van der Waals surface area contributed by atoms with Gasteiger partial charge in [-0.3, -0.25) is 0 Å². The Balaban J connectivity index is 2.01. The summed E-state index contributed by atoms with van der Waals surface area (Å²) in [6.07, 6.45) is 0. The molecule has 2 nitrogen and oxygen atoms in total. The lowest BCUT2D eigenvalue weighted by Gasteiger charge is -2.19. The summed E-state index contributed by atoms with van der Waals surface area (Å²) in [7, 11) is 3.74. The molecule has 0 saturated heterocycles. The second kappa shape index (κ2) is 8.11. The largest absolute Gasteiger partial charge is 0.496 e. The molecule has 2 aromatic rings. The SMILES string of the molecule is CNC(CSCc1ccccc1)c1cc(C)ccc1OC. The van der Waals surface area contributed by atoms with Crippen LogP contribution in [0.15, 0.2) is 48.5 Å². The van der Waals surface area contributed by atoms with Crippen LogP contribution < -0.4 is 10.1 Å². The third-order valence-electron chi connectivity index (χ3n) is 3.51. The number of nitrogens with one attached hydrogen (secondary N) is 1. The Morgan fingerprint density at radius 3 is 2.57 bits per heavy atom. The molecule has 1 N–H and O–H groups in total. The molecule has 0 aromatic heterocycles. The molecule has 0 bridgehead atoms. The van der Waals surface area contributed by atoms with Crippen molar-refractivity contribution in [3.8, 4) is 5.75 Å². The molecule has 112 valence electrons. The molecule has 3 heteroatoms. The van der Waals surface area contributed by atoms with Crippen LogP contribution in [0.25, 0.3) is 0 Å². The first-order chi connectivity index (χ1) is 10.2. The van der Waals surface area contributed by atoms with E-state index in [2.05, 4.69) is 60.8 Å². The highest BCUT2D eigenvalue weighted by atomic mass is 32.2. The molecular formula is C18H23NOS. The first-order valence-corrected chi connectivity index (χ1v) is 8.33. The molecule has 0 radical (unpaired) electrons. The van der Waals surface area contributed by atoms with Crippen molar-refractivity contribution in [3.63, 3.8) is 0 Å². The van der Waals surface area contributed by atoms with E-state index in [1.165, 1.54) is 16.7 Å². The molecule has 0 amide bonds. The molecule has 0 aliphatic rings. The second-order valence-electron chi connectivity index (χ2n) is 5.09. The van der Waals surface area contributed by atoms with Gasteiger partial charge in [0.1, 0.15) is 5.75 Å². The van der Waals surface area contributed by atoms with Crippen molar-refractivity contribution in [2.45, 2.75) is 18.7 Å². The minimum absolute atomic E-state index is 0.300. The fraction of sp³-hybridized carbons (Fsp3) is 0.333. The van der Waals surface area contributed by atoms with Gasteiger partial charge in [-0.25, -0.2) is 0 Å². The van der Waals surface area contributed by atoms with Crippen molar-refractivity contribution in [2.24, 2.45) is 0 Å². The van der Waals surface area contributed by atoms with Crippen LogP contribution in [0, 0.1) is 6.92 Å². The Bertz CT molecular complexity index is 556. The predicted octanol–water partition coefficient (Wildman–Crippen LogP) is 4.20. The Morgan fingerprint density at radius 2 is 1.90 bits per heavy atom. The molecule has 2 rings (SSSR count). The van der Waals surface area contributed by atoms with Gasteiger partial charge in [0.05, 0.1) is 7.11 Å². The van der Waals surface area contributed by atoms with Gasteiger partial charge in [0.2, 0.25) is 0 Å². The van der Waals surface area contributed by atoms with Gasteiger partial charge < -0.3 is 10.1 Å². The van der Waals surface area contributed by atoms with Crippen molar-refractivity contribution in [3.05, 3.63) is 65.2 Å². The van der Waals surface area contributed by atoms with E-state index >= 15 is 0 Å². The number of benzene rings is 2. The Kier molecular flexibility index (Phi) is 6.15. The smallest absolute Gasteiger partial charge is 0.123 e. The molecule has 21 heavy (non-hydrogen) atoms. The average Bonchev–Trinajstić information content (AvgIpc) is 2.52. The predicted molar refractivity (Wildman–Crippen MR) is 92.1 cm³/mol. The quantitative estimate of drug-likeness (QED) is 0.828. The Labute approximate surface area is 131 Å². The summed E-state index contributed by atoms with van der Waals surface area (Å²) >= 11 is 1.94. The minimum atomic E-state index is 0.300. The van der Waals surface area contributed by atoms with Gasteiger partial charge in [-0.1, -0.05) is 48.0 Å². The molecule has 0 heterocycles. The van der Waals surface area contributed by atoms with Crippen molar-refractivity contribution < 1.29 is 4.74 Å². The standard InChI is InChI=1S/C18H23NOS/c1-14-9-10-18(20-3)16(11-14)17(19-2)13-21-12-15-7-5-4-6-8-15/h4-11,17,19H,12-13H2,1-3H3. The van der Waals surface area contributed by atoms with Gasteiger partial charge in [0.15, 0.2) is 0 Å². The van der Waals surface area contributed by atoms with Crippen LogP contribution in [-0.2, 0) is 5.75 Å². The van der Waals surface area contributed by atoms with Crippen molar-refractivity contribution >= 4 is 11.8 Å². The summed E-state index contributed by atoms with van der Waals surface area (Å²) in [5.74, 6) is 3.01. The second-order valence-corrected chi connectivity index (χ2v) is 6.12. The summed E-state index contributed by atoms with van der Waals surface area (Å²) in [6.45, 7) is 2.12. The number of aryl methyl sites for hydroxylation is 1. The summed E-state index contributed by atoms with van der Waals surface area (Å²) in [5.41, 5.74) is 3.87. The number of hydrogen-bond donors (Lipinski definition) is 1. The highest BCUT2D eigenvalue weighted by Crippen LogP contribution is 2.29. The van der Waals surface area contributed by atoms with Crippen LogP contribution in [-0.4, -0.2) is 19.9 Å². The Hall–Kier alpha value is -1.45. The summed E-state index contributed by atoms with van der Waals surface area (Å²) in [4.78, 5) is 0. The number of ether oxygens (including phenoxy) is 1. The van der Waals surface area contributed by atoms with E-state index in [-0.39, 0.29) is 0 Å². The zero-order chi connectivity index (χ0) is 15.1. The van der Waals surface area contributed by atoms with Gasteiger partial charge in [0, 0.05) is 23.1 Å². The number of hydrogen-bond acceptors (Lipinski definition) is 3. The van der Waals surface area contributed by atoms with Crippen molar-refractivity contribution in [2.75, 3.05) is 19.9 Å². The molecule has 0 aliphatic heterocycles. The van der Waals surface area contributed by atoms with E-state index in [4.69, 9.17) is 4.74 Å². The molecule has 1 unspecified atom stereocenters. The molecule has 0 spiro atoms. The average molecular weight is 301 g/mol. The lowest BCUT2D eigenvalue weighted by atomic mass is 10.0. The summed E-state index contributed by atoms with van der Waals surface area (Å²) < 4.78 is 5.50. The van der Waals surface area contributed by atoms with E-state index < -0.39 is 0 Å². The highest BCUT2D eigenvalue weighted by Gasteiger charge is 2.14. The fourth-order valence-corrected chi connectivity index (χ4v) is 3.45. The van der Waals surface area contributed by atoms with E-state index in [0.717, 1.165) is 17.3 Å². The summed E-state index contributed by atoms with van der Waals surface area (Å²) in [6, 6.07) is 17.2.